The van der Waals surface area contributed by atoms with E-state index in [1.807, 2.05) is 24.3 Å². The highest BCUT2D eigenvalue weighted by atomic mass is 32.2. The molecular formula is C26H34N4O6S. The van der Waals surface area contributed by atoms with Gasteiger partial charge in [0, 0.05) is 57.1 Å². The number of hydrogen-bond donors (Lipinski definition) is 1. The van der Waals surface area contributed by atoms with Gasteiger partial charge in [-0.1, -0.05) is 0 Å². The third kappa shape index (κ3) is 6.53. The molecule has 2 heterocycles. The van der Waals surface area contributed by atoms with Crippen molar-refractivity contribution in [3.63, 3.8) is 0 Å². The lowest BCUT2D eigenvalue weighted by Crippen LogP contribution is -2.49. The molecule has 1 atom stereocenters. The maximum Gasteiger partial charge on any atom is 0.227 e. The maximum absolute atomic E-state index is 12.8. The monoisotopic (exact) mass is 530 g/mol. The Labute approximate surface area is 218 Å². The molecule has 0 aromatic heterocycles. The average Bonchev–Trinajstić information content (AvgIpc) is 3.32. The van der Waals surface area contributed by atoms with Gasteiger partial charge in [-0.3, -0.25) is 9.59 Å². The number of benzene rings is 2. The summed E-state index contributed by atoms with van der Waals surface area (Å²) >= 11 is 0. The molecule has 2 aromatic carbocycles. The van der Waals surface area contributed by atoms with Crippen molar-refractivity contribution in [3.8, 4) is 11.5 Å². The predicted octanol–water partition coefficient (Wildman–Crippen LogP) is 1.72. The fourth-order valence-corrected chi connectivity index (χ4v) is 6.14. The summed E-state index contributed by atoms with van der Waals surface area (Å²) in [6, 6.07) is 14.9. The number of sulfonamides is 1. The van der Waals surface area contributed by atoms with Gasteiger partial charge in [-0.15, -0.1) is 0 Å². The lowest BCUT2D eigenvalue weighted by molar-refractivity contribution is -0.126. The largest absolute Gasteiger partial charge is 0.497 e. The standard InChI is InChI=1S/C26H34N4O6S/c1-35-23-8-4-21(5-9-23)28-13-15-29(16-14-28)37(33,34)17-3-12-27-26(32)20-18-25(31)30(19-20)22-6-10-24(36-2)11-7-22/h4-11,20H,3,12-19H2,1-2H3,(H,27,32). The molecule has 2 fully saturated rings. The highest BCUT2D eigenvalue weighted by molar-refractivity contribution is 7.89. The van der Waals surface area contributed by atoms with E-state index in [9.17, 15) is 18.0 Å². The number of carbonyl (C=O) groups is 2. The van der Waals surface area contributed by atoms with Crippen LogP contribution in [0.5, 0.6) is 11.5 Å². The van der Waals surface area contributed by atoms with E-state index in [4.69, 9.17) is 9.47 Å². The molecule has 11 heteroatoms. The maximum atomic E-state index is 12.8. The molecule has 2 aromatic rings. The van der Waals surface area contributed by atoms with Crippen LogP contribution in [0.15, 0.2) is 48.5 Å². The highest BCUT2D eigenvalue weighted by Crippen LogP contribution is 2.27. The van der Waals surface area contributed by atoms with Gasteiger partial charge in [0.25, 0.3) is 0 Å². The fourth-order valence-electron chi connectivity index (χ4n) is 4.65. The molecule has 2 saturated heterocycles. The van der Waals surface area contributed by atoms with Gasteiger partial charge >= 0.3 is 0 Å². The average molecular weight is 531 g/mol. The Hall–Kier alpha value is -3.31. The van der Waals surface area contributed by atoms with E-state index < -0.39 is 15.9 Å². The fraction of sp³-hybridized carbons (Fsp3) is 0.462. The number of methoxy groups -OCH3 is 2. The lowest BCUT2D eigenvalue weighted by Gasteiger charge is -2.35. The molecular weight excluding hydrogens is 496 g/mol. The predicted molar refractivity (Wildman–Crippen MR) is 142 cm³/mol. The molecule has 0 spiro atoms. The Balaban J connectivity index is 1.19. The second-order valence-corrected chi connectivity index (χ2v) is 11.2. The molecule has 0 saturated carbocycles. The second kappa shape index (κ2) is 11.8. The molecule has 2 aliphatic heterocycles. The first-order valence-electron chi connectivity index (χ1n) is 12.4. The van der Waals surface area contributed by atoms with E-state index in [-0.39, 0.29) is 30.5 Å². The Kier molecular flexibility index (Phi) is 8.55. The van der Waals surface area contributed by atoms with Crippen LogP contribution in [0.1, 0.15) is 12.8 Å². The van der Waals surface area contributed by atoms with Gasteiger partial charge in [-0.25, -0.2) is 8.42 Å². The molecule has 200 valence electrons. The Morgan fingerprint density at radius 3 is 2.05 bits per heavy atom. The molecule has 10 nitrogen and oxygen atoms in total. The number of hydrogen-bond acceptors (Lipinski definition) is 7. The van der Waals surface area contributed by atoms with Crippen LogP contribution in [0.4, 0.5) is 11.4 Å². The summed E-state index contributed by atoms with van der Waals surface area (Å²) in [6.07, 6.45) is 0.449. The van der Waals surface area contributed by atoms with Crippen LogP contribution in [0.2, 0.25) is 0 Å². The summed E-state index contributed by atoms with van der Waals surface area (Å²) in [5.74, 6) is 0.649. The number of carbonyl (C=O) groups excluding carboxylic acids is 2. The Bertz CT molecular complexity index is 1180. The summed E-state index contributed by atoms with van der Waals surface area (Å²) in [4.78, 5) is 28.8. The SMILES string of the molecule is COc1ccc(N2CCN(S(=O)(=O)CCCNC(=O)C3CC(=O)N(c4ccc(OC)cc4)C3)CC2)cc1. The molecule has 1 unspecified atom stereocenters. The summed E-state index contributed by atoms with van der Waals surface area (Å²) in [6.45, 7) is 2.62. The quantitative estimate of drug-likeness (QED) is 0.466. The number of nitrogens with zero attached hydrogens (tertiary/aromatic N) is 3. The van der Waals surface area contributed by atoms with E-state index in [1.54, 1.807) is 43.4 Å². The number of rotatable bonds is 10. The number of anilines is 2. The van der Waals surface area contributed by atoms with Crippen molar-refractivity contribution in [3.05, 3.63) is 48.5 Å². The third-order valence-electron chi connectivity index (χ3n) is 6.83. The van der Waals surface area contributed by atoms with E-state index >= 15 is 0 Å². The van der Waals surface area contributed by atoms with Gasteiger partial charge in [-0.05, 0) is 55.0 Å². The van der Waals surface area contributed by atoms with Crippen molar-refractivity contribution >= 4 is 33.2 Å². The number of nitrogens with one attached hydrogen (secondary N) is 1. The molecule has 37 heavy (non-hydrogen) atoms. The van der Waals surface area contributed by atoms with E-state index in [0.717, 1.165) is 17.1 Å². The Morgan fingerprint density at radius 1 is 0.919 bits per heavy atom. The van der Waals surface area contributed by atoms with Crippen LogP contribution in [-0.4, -0.2) is 83.8 Å². The van der Waals surface area contributed by atoms with Crippen LogP contribution in [0, 0.1) is 5.92 Å². The van der Waals surface area contributed by atoms with Crippen molar-refractivity contribution < 1.29 is 27.5 Å². The van der Waals surface area contributed by atoms with Gasteiger partial charge in [0.2, 0.25) is 21.8 Å². The first-order chi connectivity index (χ1) is 17.8. The second-order valence-electron chi connectivity index (χ2n) is 9.15. The zero-order valence-electron chi connectivity index (χ0n) is 21.3. The minimum absolute atomic E-state index is 0.0304. The van der Waals surface area contributed by atoms with Crippen molar-refractivity contribution in [1.82, 2.24) is 9.62 Å². The minimum Gasteiger partial charge on any atom is -0.497 e. The van der Waals surface area contributed by atoms with Crippen molar-refractivity contribution in [2.24, 2.45) is 5.92 Å². The van der Waals surface area contributed by atoms with Crippen LogP contribution >= 0.6 is 0 Å². The molecule has 0 bridgehead atoms. The first kappa shape index (κ1) is 26.7. The van der Waals surface area contributed by atoms with Crippen molar-refractivity contribution in [2.75, 3.05) is 69.0 Å². The zero-order chi connectivity index (χ0) is 26.4. The van der Waals surface area contributed by atoms with E-state index in [0.29, 0.717) is 44.9 Å². The van der Waals surface area contributed by atoms with Crippen LogP contribution in [0.3, 0.4) is 0 Å². The molecule has 4 rings (SSSR count). The van der Waals surface area contributed by atoms with Crippen LogP contribution < -0.4 is 24.6 Å². The number of amides is 2. The van der Waals surface area contributed by atoms with Crippen LogP contribution in [-0.2, 0) is 19.6 Å². The highest BCUT2D eigenvalue weighted by Gasteiger charge is 2.35. The summed E-state index contributed by atoms with van der Waals surface area (Å²) in [5, 5.41) is 2.81. The normalized spacial score (nSPS) is 18.6. The van der Waals surface area contributed by atoms with Gasteiger partial charge < -0.3 is 24.6 Å². The topological polar surface area (TPSA) is 108 Å². The van der Waals surface area contributed by atoms with Gasteiger partial charge in [0.1, 0.15) is 11.5 Å². The van der Waals surface area contributed by atoms with Crippen LogP contribution in [0.25, 0.3) is 0 Å². The Morgan fingerprint density at radius 2 is 1.49 bits per heavy atom. The van der Waals surface area contributed by atoms with E-state index in [1.165, 1.54) is 4.31 Å². The number of ether oxygens (including phenoxy) is 2. The smallest absolute Gasteiger partial charge is 0.227 e. The van der Waals surface area contributed by atoms with Gasteiger partial charge in [0.05, 0.1) is 25.9 Å². The molecule has 2 aliphatic rings. The molecule has 0 radical (unpaired) electrons. The minimum atomic E-state index is -3.41. The third-order valence-corrected chi connectivity index (χ3v) is 8.78. The zero-order valence-corrected chi connectivity index (χ0v) is 22.1. The van der Waals surface area contributed by atoms with Crippen molar-refractivity contribution in [2.45, 2.75) is 12.8 Å². The lowest BCUT2D eigenvalue weighted by atomic mass is 10.1. The summed E-state index contributed by atoms with van der Waals surface area (Å²) in [7, 11) is -0.216. The molecule has 2 amide bonds. The summed E-state index contributed by atoms with van der Waals surface area (Å²) < 4.78 is 37.5. The van der Waals surface area contributed by atoms with Crippen molar-refractivity contribution in [1.29, 1.82) is 0 Å². The van der Waals surface area contributed by atoms with Gasteiger partial charge in [0.15, 0.2) is 0 Å². The molecule has 1 N–H and O–H groups in total. The summed E-state index contributed by atoms with van der Waals surface area (Å²) in [5.41, 5.74) is 1.76. The van der Waals surface area contributed by atoms with Gasteiger partial charge in [-0.2, -0.15) is 4.31 Å². The van der Waals surface area contributed by atoms with E-state index in [2.05, 4.69) is 10.2 Å². The first-order valence-corrected chi connectivity index (χ1v) is 14.0. The number of piperazine rings is 1. The molecule has 0 aliphatic carbocycles.